The molecule has 0 bridgehead atoms. The van der Waals surface area contributed by atoms with Gasteiger partial charge >= 0.3 is 5.97 Å². The highest BCUT2D eigenvalue weighted by Crippen LogP contribution is 2.19. The molecule has 1 aliphatic rings. The summed E-state index contributed by atoms with van der Waals surface area (Å²) in [6.45, 7) is 0.409. The monoisotopic (exact) mass is 265 g/mol. The molecule has 0 radical (unpaired) electrons. The number of hydrogen-bond donors (Lipinski definition) is 2. The molecule has 2 unspecified atom stereocenters. The van der Waals surface area contributed by atoms with Crippen LogP contribution in [0.2, 0.25) is 0 Å². The van der Waals surface area contributed by atoms with E-state index < -0.39 is 12.1 Å². The van der Waals surface area contributed by atoms with Crippen molar-refractivity contribution in [3.63, 3.8) is 0 Å². The van der Waals surface area contributed by atoms with Gasteiger partial charge in [0, 0.05) is 18.3 Å². The van der Waals surface area contributed by atoms with Crippen molar-refractivity contribution in [3.05, 3.63) is 0 Å². The summed E-state index contributed by atoms with van der Waals surface area (Å²) < 4.78 is 0. The predicted molar refractivity (Wildman–Crippen MR) is 52.1 cm³/mol. The van der Waals surface area contributed by atoms with Crippen LogP contribution in [-0.2, 0) is 9.59 Å². The maximum absolute atomic E-state index is 11.3. The zero-order valence-corrected chi connectivity index (χ0v) is 9.11. The predicted octanol–water partition coefficient (Wildman–Crippen LogP) is -0.325. The van der Waals surface area contributed by atoms with Crippen LogP contribution < -0.4 is 0 Å². The Hall–Kier alpha value is -0.620. The number of β-amino-alcohol motifs (C(OH)–C–C–N with tert-alkyl or cyclic N) is 1. The molecular weight excluding hydrogens is 254 g/mol. The maximum Gasteiger partial charge on any atom is 0.334 e. The molecule has 1 aliphatic heterocycles. The Morgan fingerprint density at radius 3 is 2.79 bits per heavy atom. The number of aliphatic hydroxyl groups is 1. The van der Waals surface area contributed by atoms with Gasteiger partial charge in [0.15, 0.2) is 6.10 Å². The second kappa shape index (κ2) is 4.75. The number of aliphatic hydroxyl groups excluding tert-OH is 1. The van der Waals surface area contributed by atoms with Crippen molar-refractivity contribution in [2.24, 2.45) is 5.92 Å². The zero-order valence-electron chi connectivity index (χ0n) is 7.52. The Morgan fingerprint density at radius 1 is 1.71 bits per heavy atom. The van der Waals surface area contributed by atoms with Crippen LogP contribution in [-0.4, -0.2) is 51.5 Å². The van der Waals surface area contributed by atoms with Crippen LogP contribution >= 0.6 is 15.9 Å². The van der Waals surface area contributed by atoms with E-state index in [0.717, 1.165) is 5.33 Å². The van der Waals surface area contributed by atoms with Gasteiger partial charge in [0.05, 0.1) is 6.54 Å². The van der Waals surface area contributed by atoms with Crippen molar-refractivity contribution in [2.45, 2.75) is 12.5 Å². The number of carbonyl (C=O) groups excluding carboxylic acids is 1. The summed E-state index contributed by atoms with van der Waals surface area (Å²) in [5.74, 6) is -1.15. The lowest BCUT2D eigenvalue weighted by atomic mass is 10.2. The SMILES string of the molecule is O=C(O)C(O)CN1CC(CBr)CC1=O. The first-order valence-corrected chi connectivity index (χ1v) is 5.41. The third kappa shape index (κ3) is 2.68. The second-order valence-electron chi connectivity index (χ2n) is 3.38. The molecule has 0 aliphatic carbocycles. The van der Waals surface area contributed by atoms with E-state index in [2.05, 4.69) is 15.9 Å². The van der Waals surface area contributed by atoms with Gasteiger partial charge in [0.25, 0.3) is 0 Å². The minimum atomic E-state index is -1.48. The lowest BCUT2D eigenvalue weighted by molar-refractivity contribution is -0.148. The first kappa shape index (κ1) is 11.5. The molecule has 2 atom stereocenters. The molecule has 1 heterocycles. The van der Waals surface area contributed by atoms with E-state index in [1.54, 1.807) is 0 Å². The quantitative estimate of drug-likeness (QED) is 0.683. The number of hydrogen-bond acceptors (Lipinski definition) is 3. The molecule has 5 nitrogen and oxygen atoms in total. The molecule has 6 heteroatoms. The van der Waals surface area contributed by atoms with Gasteiger partial charge < -0.3 is 15.1 Å². The molecule has 1 fully saturated rings. The topological polar surface area (TPSA) is 77.8 Å². The number of alkyl halides is 1. The molecule has 1 amide bonds. The molecule has 0 aromatic carbocycles. The van der Waals surface area contributed by atoms with E-state index >= 15 is 0 Å². The number of aliphatic carboxylic acids is 1. The third-order valence-electron chi connectivity index (χ3n) is 2.19. The first-order chi connectivity index (χ1) is 6.54. The minimum absolute atomic E-state index is 0.0882. The van der Waals surface area contributed by atoms with Crippen molar-refractivity contribution in [1.82, 2.24) is 4.90 Å². The van der Waals surface area contributed by atoms with Crippen molar-refractivity contribution in [3.8, 4) is 0 Å². The number of rotatable bonds is 4. The van der Waals surface area contributed by atoms with Gasteiger partial charge in [-0.1, -0.05) is 15.9 Å². The summed E-state index contributed by atoms with van der Waals surface area (Å²) in [4.78, 5) is 23.0. The maximum atomic E-state index is 11.3. The first-order valence-electron chi connectivity index (χ1n) is 4.29. The van der Waals surface area contributed by atoms with E-state index in [0.29, 0.717) is 13.0 Å². The van der Waals surface area contributed by atoms with E-state index in [-0.39, 0.29) is 18.4 Å². The highest BCUT2D eigenvalue weighted by atomic mass is 79.9. The van der Waals surface area contributed by atoms with Crippen LogP contribution in [0, 0.1) is 5.92 Å². The van der Waals surface area contributed by atoms with Crippen molar-refractivity contribution >= 4 is 27.8 Å². The van der Waals surface area contributed by atoms with Gasteiger partial charge in [0.1, 0.15) is 0 Å². The average molecular weight is 266 g/mol. The van der Waals surface area contributed by atoms with E-state index in [4.69, 9.17) is 10.2 Å². The molecule has 0 saturated carbocycles. The standard InChI is InChI=1S/C8H12BrNO4/c9-2-5-1-7(12)10(3-5)4-6(11)8(13)14/h5-6,11H,1-4H2,(H,13,14). The molecule has 1 rings (SSSR count). The van der Waals surface area contributed by atoms with Crippen LogP contribution in [0.1, 0.15) is 6.42 Å². The molecule has 2 N–H and O–H groups in total. The molecule has 1 saturated heterocycles. The van der Waals surface area contributed by atoms with Crippen LogP contribution in [0.4, 0.5) is 0 Å². The normalized spacial score (nSPS) is 24.0. The Morgan fingerprint density at radius 2 is 2.36 bits per heavy atom. The molecular formula is C8H12BrNO4. The van der Waals surface area contributed by atoms with Crippen molar-refractivity contribution < 1.29 is 19.8 Å². The summed E-state index contributed by atoms with van der Waals surface area (Å²) in [5, 5.41) is 18.2. The number of carbonyl (C=O) groups is 2. The number of carboxylic acids is 1. The minimum Gasteiger partial charge on any atom is -0.479 e. The Kier molecular flexibility index (Phi) is 3.88. The summed E-state index contributed by atoms with van der Waals surface area (Å²) in [7, 11) is 0. The number of nitrogens with zero attached hydrogens (tertiary/aromatic N) is 1. The summed E-state index contributed by atoms with van der Waals surface area (Å²) in [6.07, 6.45) is -1.05. The van der Waals surface area contributed by atoms with Crippen LogP contribution in [0.15, 0.2) is 0 Å². The summed E-state index contributed by atoms with van der Waals surface area (Å²) >= 11 is 3.27. The molecule has 80 valence electrons. The third-order valence-corrected chi connectivity index (χ3v) is 3.11. The van der Waals surface area contributed by atoms with Gasteiger partial charge in [-0.2, -0.15) is 0 Å². The van der Waals surface area contributed by atoms with Crippen LogP contribution in [0.25, 0.3) is 0 Å². The van der Waals surface area contributed by atoms with E-state index in [1.165, 1.54) is 4.90 Å². The van der Waals surface area contributed by atoms with Crippen molar-refractivity contribution in [2.75, 3.05) is 18.4 Å². The second-order valence-corrected chi connectivity index (χ2v) is 4.02. The number of likely N-dealkylation sites (tertiary alicyclic amines) is 1. The van der Waals surface area contributed by atoms with E-state index in [9.17, 15) is 9.59 Å². The van der Waals surface area contributed by atoms with Crippen molar-refractivity contribution in [1.29, 1.82) is 0 Å². The number of amides is 1. The molecule has 0 spiro atoms. The van der Waals surface area contributed by atoms with Gasteiger partial charge in [-0.3, -0.25) is 4.79 Å². The number of carboxylic acid groups (broad SMARTS) is 1. The highest BCUT2D eigenvalue weighted by molar-refractivity contribution is 9.09. The lowest BCUT2D eigenvalue weighted by Crippen LogP contribution is -2.37. The molecule has 0 aromatic heterocycles. The molecule has 14 heavy (non-hydrogen) atoms. The highest BCUT2D eigenvalue weighted by Gasteiger charge is 2.31. The largest absolute Gasteiger partial charge is 0.479 e. The van der Waals surface area contributed by atoms with Crippen LogP contribution in [0.3, 0.4) is 0 Å². The summed E-state index contributed by atoms with van der Waals surface area (Å²) in [5.41, 5.74) is 0. The Bertz CT molecular complexity index is 245. The average Bonchev–Trinajstić information content (AvgIpc) is 2.47. The fourth-order valence-corrected chi connectivity index (χ4v) is 1.85. The lowest BCUT2D eigenvalue weighted by Gasteiger charge is -2.17. The van der Waals surface area contributed by atoms with Gasteiger partial charge in [-0.25, -0.2) is 4.79 Å². The Balaban J connectivity index is 2.46. The Labute approximate surface area is 89.8 Å². The van der Waals surface area contributed by atoms with Gasteiger partial charge in [-0.15, -0.1) is 0 Å². The number of halogens is 1. The van der Waals surface area contributed by atoms with Crippen LogP contribution in [0.5, 0.6) is 0 Å². The molecule has 0 aromatic rings. The smallest absolute Gasteiger partial charge is 0.334 e. The van der Waals surface area contributed by atoms with E-state index in [1.807, 2.05) is 0 Å². The van der Waals surface area contributed by atoms with Gasteiger partial charge in [-0.05, 0) is 5.92 Å². The summed E-state index contributed by atoms with van der Waals surface area (Å²) in [6, 6.07) is 0. The van der Waals surface area contributed by atoms with Gasteiger partial charge in [0.2, 0.25) is 5.91 Å². The fourth-order valence-electron chi connectivity index (χ4n) is 1.42. The fraction of sp³-hybridized carbons (Fsp3) is 0.750. The zero-order chi connectivity index (χ0) is 10.7.